The van der Waals surface area contributed by atoms with E-state index in [9.17, 15) is 14.7 Å². The number of hydrogen-bond donors (Lipinski definition) is 1. The van der Waals surface area contributed by atoms with Crippen LogP contribution in [0, 0.1) is 0 Å². The number of aliphatic hydroxyl groups excluding tert-OH is 1. The molecule has 0 amide bonds. The minimum absolute atomic E-state index is 0.0919. The van der Waals surface area contributed by atoms with Gasteiger partial charge in [-0.3, -0.25) is 9.59 Å². The van der Waals surface area contributed by atoms with Crippen LogP contribution in [0.3, 0.4) is 0 Å². The number of unbranched alkanes of at least 4 members (excludes halogenated alkanes) is 11. The van der Waals surface area contributed by atoms with Gasteiger partial charge in [-0.2, -0.15) is 0 Å². The van der Waals surface area contributed by atoms with Crippen LogP contribution in [0.4, 0.5) is 0 Å². The largest absolute Gasteiger partial charge is 0.462 e. The molecule has 0 bridgehead atoms. The van der Waals surface area contributed by atoms with Gasteiger partial charge in [0.15, 0.2) is 6.10 Å². The van der Waals surface area contributed by atoms with Crippen LogP contribution in [-0.4, -0.2) is 36.4 Å². The maximum Gasteiger partial charge on any atom is 0.306 e. The number of rotatable bonds is 33. The number of carbonyl (C=O) groups excluding carboxylic acids is 2. The van der Waals surface area contributed by atoms with Gasteiger partial charge in [0.25, 0.3) is 0 Å². The van der Waals surface area contributed by atoms with E-state index < -0.39 is 6.10 Å². The molecule has 0 unspecified atom stereocenters. The quantitative estimate of drug-likeness (QED) is 0.0429. The first-order chi connectivity index (χ1) is 23.6. The van der Waals surface area contributed by atoms with E-state index in [4.69, 9.17) is 9.47 Å². The van der Waals surface area contributed by atoms with E-state index in [0.29, 0.717) is 12.8 Å². The van der Waals surface area contributed by atoms with E-state index in [1.165, 1.54) is 32.1 Å². The average molecular weight is 667 g/mol. The van der Waals surface area contributed by atoms with Crippen molar-refractivity contribution in [2.24, 2.45) is 0 Å². The predicted octanol–water partition coefficient (Wildman–Crippen LogP) is 11.9. The fraction of sp³-hybridized carbons (Fsp3) is 0.628. The summed E-state index contributed by atoms with van der Waals surface area (Å²) in [7, 11) is 0. The fourth-order valence-electron chi connectivity index (χ4n) is 4.78. The van der Waals surface area contributed by atoms with Crippen LogP contribution in [0.1, 0.15) is 155 Å². The summed E-state index contributed by atoms with van der Waals surface area (Å²) in [5.74, 6) is -0.654. The van der Waals surface area contributed by atoms with Gasteiger partial charge in [-0.15, -0.1) is 0 Å². The highest BCUT2D eigenvalue weighted by Crippen LogP contribution is 2.10. The van der Waals surface area contributed by atoms with Gasteiger partial charge >= 0.3 is 11.9 Å². The van der Waals surface area contributed by atoms with E-state index in [0.717, 1.165) is 96.3 Å². The number of aliphatic hydroxyl groups is 1. The van der Waals surface area contributed by atoms with Crippen molar-refractivity contribution in [1.82, 2.24) is 0 Å². The molecule has 5 heteroatoms. The van der Waals surface area contributed by atoms with E-state index >= 15 is 0 Å². The lowest BCUT2D eigenvalue weighted by atomic mass is 10.1. The van der Waals surface area contributed by atoms with Crippen LogP contribution < -0.4 is 0 Å². The van der Waals surface area contributed by atoms with Crippen LogP contribution in [-0.2, 0) is 19.1 Å². The Labute approximate surface area is 295 Å². The zero-order valence-corrected chi connectivity index (χ0v) is 30.7. The molecule has 0 aliphatic rings. The SMILES string of the molecule is CC/C=C/C/C=C/C/C=C/C/C=C/C/C=C/CCCCCC(=O)O[C@@H](CO)COC(=O)CCCCCCC/C=C/C/C=C/CCCCC. The zero-order valence-electron chi connectivity index (χ0n) is 30.7. The first kappa shape index (κ1) is 45.1. The summed E-state index contributed by atoms with van der Waals surface area (Å²) in [6, 6.07) is 0. The summed E-state index contributed by atoms with van der Waals surface area (Å²) in [6.45, 7) is 3.93. The number of allylic oxidation sites excluding steroid dienone is 14. The molecule has 0 rings (SSSR count). The molecule has 0 spiro atoms. The maximum absolute atomic E-state index is 12.2. The second-order valence-corrected chi connectivity index (χ2v) is 12.3. The molecule has 0 aromatic heterocycles. The smallest absolute Gasteiger partial charge is 0.306 e. The standard InChI is InChI=1S/C43H70O5/c1-3-5-7-9-11-13-15-17-19-20-21-22-24-26-28-30-32-34-36-38-43(46)48-41(39-44)40-47-42(45)37-35-33-31-29-27-25-23-18-16-14-12-10-8-6-4-2/h5,7,11-14,17-19,21-23,26,28,41,44H,3-4,6,8-10,15-16,20,24-25,27,29-40H2,1-2H3/b7-5+,13-11+,14-12+,19-17+,22-21+,23-18+,28-26+/t41-/m0/s1. The Bertz CT molecular complexity index is 937. The molecule has 0 aromatic rings. The molecule has 0 saturated heterocycles. The van der Waals surface area contributed by atoms with Gasteiger partial charge in [0.05, 0.1) is 6.61 Å². The topological polar surface area (TPSA) is 72.8 Å². The number of ether oxygens (including phenoxy) is 2. The third-order valence-corrected chi connectivity index (χ3v) is 7.67. The zero-order chi connectivity index (χ0) is 35.0. The van der Waals surface area contributed by atoms with Crippen molar-refractivity contribution < 1.29 is 24.2 Å². The van der Waals surface area contributed by atoms with Crippen molar-refractivity contribution in [1.29, 1.82) is 0 Å². The lowest BCUT2D eigenvalue weighted by Gasteiger charge is -2.15. The van der Waals surface area contributed by atoms with Crippen LogP contribution in [0.15, 0.2) is 85.1 Å². The van der Waals surface area contributed by atoms with Gasteiger partial charge in [-0.05, 0) is 89.9 Å². The highest BCUT2D eigenvalue weighted by atomic mass is 16.6. The minimum Gasteiger partial charge on any atom is -0.462 e. The number of carbonyl (C=O) groups is 2. The Morgan fingerprint density at radius 3 is 1.38 bits per heavy atom. The first-order valence-corrected chi connectivity index (χ1v) is 19.1. The van der Waals surface area contributed by atoms with Gasteiger partial charge in [-0.1, -0.05) is 137 Å². The van der Waals surface area contributed by atoms with Crippen molar-refractivity contribution in [2.75, 3.05) is 13.2 Å². The highest BCUT2D eigenvalue weighted by molar-refractivity contribution is 5.70. The molecule has 0 radical (unpaired) electrons. The molecule has 0 aliphatic heterocycles. The summed E-state index contributed by atoms with van der Waals surface area (Å²) in [6.07, 6.45) is 52.1. The van der Waals surface area contributed by atoms with Crippen LogP contribution in [0.5, 0.6) is 0 Å². The van der Waals surface area contributed by atoms with E-state index in [1.807, 2.05) is 0 Å². The Hall–Kier alpha value is -2.92. The minimum atomic E-state index is -0.799. The van der Waals surface area contributed by atoms with Crippen molar-refractivity contribution in [3.63, 3.8) is 0 Å². The van der Waals surface area contributed by atoms with Gasteiger partial charge in [0.1, 0.15) is 6.61 Å². The van der Waals surface area contributed by atoms with Crippen LogP contribution in [0.25, 0.3) is 0 Å². The Morgan fingerprint density at radius 2 is 0.896 bits per heavy atom. The predicted molar refractivity (Wildman–Crippen MR) is 205 cm³/mol. The monoisotopic (exact) mass is 667 g/mol. The second-order valence-electron chi connectivity index (χ2n) is 12.3. The first-order valence-electron chi connectivity index (χ1n) is 19.1. The second kappa shape index (κ2) is 38.5. The van der Waals surface area contributed by atoms with E-state index in [1.54, 1.807) is 0 Å². The summed E-state index contributed by atoms with van der Waals surface area (Å²) >= 11 is 0. The van der Waals surface area contributed by atoms with Crippen molar-refractivity contribution in [3.05, 3.63) is 85.1 Å². The van der Waals surface area contributed by atoms with E-state index in [2.05, 4.69) is 98.9 Å². The Morgan fingerprint density at radius 1 is 0.500 bits per heavy atom. The molecule has 1 N–H and O–H groups in total. The van der Waals surface area contributed by atoms with Crippen LogP contribution in [0.2, 0.25) is 0 Å². The maximum atomic E-state index is 12.2. The molecule has 0 heterocycles. The van der Waals surface area contributed by atoms with Crippen LogP contribution >= 0.6 is 0 Å². The third-order valence-electron chi connectivity index (χ3n) is 7.67. The average Bonchev–Trinajstić information content (AvgIpc) is 3.09. The Kier molecular flexibility index (Phi) is 36.2. The number of esters is 2. The van der Waals surface area contributed by atoms with Crippen molar-refractivity contribution >= 4 is 11.9 Å². The molecule has 48 heavy (non-hydrogen) atoms. The molecule has 0 saturated carbocycles. The molecule has 272 valence electrons. The van der Waals surface area contributed by atoms with Gasteiger partial charge in [0, 0.05) is 12.8 Å². The molecule has 0 aromatic carbocycles. The van der Waals surface area contributed by atoms with E-state index in [-0.39, 0.29) is 25.2 Å². The molecule has 1 atom stereocenters. The lowest BCUT2D eigenvalue weighted by Crippen LogP contribution is -2.28. The summed E-state index contributed by atoms with van der Waals surface area (Å²) in [5.41, 5.74) is 0. The molecule has 0 aliphatic carbocycles. The molecule has 0 fully saturated rings. The summed E-state index contributed by atoms with van der Waals surface area (Å²) in [5, 5.41) is 9.54. The normalized spacial score (nSPS) is 13.1. The highest BCUT2D eigenvalue weighted by Gasteiger charge is 2.16. The van der Waals surface area contributed by atoms with Crippen molar-refractivity contribution in [3.8, 4) is 0 Å². The summed E-state index contributed by atoms with van der Waals surface area (Å²) < 4.78 is 10.6. The van der Waals surface area contributed by atoms with Gasteiger partial charge < -0.3 is 14.6 Å². The Balaban J connectivity index is 3.70. The fourth-order valence-corrected chi connectivity index (χ4v) is 4.78. The molecular weight excluding hydrogens is 596 g/mol. The summed E-state index contributed by atoms with van der Waals surface area (Å²) in [4.78, 5) is 24.2. The third kappa shape index (κ3) is 35.9. The molecule has 5 nitrogen and oxygen atoms in total. The lowest BCUT2D eigenvalue weighted by molar-refractivity contribution is -0.161. The van der Waals surface area contributed by atoms with Gasteiger partial charge in [0.2, 0.25) is 0 Å². The molecular formula is C43H70O5. The number of hydrogen-bond acceptors (Lipinski definition) is 5. The van der Waals surface area contributed by atoms with Gasteiger partial charge in [-0.25, -0.2) is 0 Å². The van der Waals surface area contributed by atoms with Crippen molar-refractivity contribution in [2.45, 2.75) is 161 Å².